The van der Waals surface area contributed by atoms with Gasteiger partial charge in [-0.25, -0.2) is 19.9 Å². The van der Waals surface area contributed by atoms with Gasteiger partial charge in [0.25, 0.3) is 0 Å². The lowest BCUT2D eigenvalue weighted by Crippen LogP contribution is -2.59. The molecule has 0 radical (unpaired) electrons. The van der Waals surface area contributed by atoms with Crippen LogP contribution in [0.25, 0.3) is 0 Å². The molecular weight excluding hydrogens is 776 g/mol. The topological polar surface area (TPSA) is 382 Å². The molecule has 6 atom stereocenters. The van der Waals surface area contributed by atoms with E-state index in [1.165, 1.54) is 57.0 Å². The molecule has 4 aromatic rings. The zero-order valence-electron chi connectivity index (χ0n) is 31.7. The Morgan fingerprint density at radius 3 is 1.29 bits per heavy atom. The van der Waals surface area contributed by atoms with E-state index in [1.54, 1.807) is 0 Å². The Bertz CT molecular complexity index is 1970. The molecule has 7 amide bonds. The summed E-state index contributed by atoms with van der Waals surface area (Å²) in [6.07, 6.45) is 11.2. The molecular formula is C34H46N16O9. The minimum absolute atomic E-state index is 0.0443. The molecule has 0 aliphatic rings. The molecule has 0 saturated carbocycles. The number of carbonyl (C=O) groups excluding carboxylic acids is 8. The summed E-state index contributed by atoms with van der Waals surface area (Å²) in [5.41, 5.74) is 7.07. The smallest absolute Gasteiger partial charge is 0.245 e. The molecule has 25 nitrogen and oxygen atoms in total. The fourth-order valence-electron chi connectivity index (χ4n) is 5.46. The van der Waals surface area contributed by atoms with Gasteiger partial charge in [0.15, 0.2) is 0 Å². The van der Waals surface area contributed by atoms with E-state index in [0.29, 0.717) is 29.1 Å². The monoisotopic (exact) mass is 822 g/mol. The fourth-order valence-corrected chi connectivity index (χ4v) is 5.46. The van der Waals surface area contributed by atoms with Gasteiger partial charge in [0.05, 0.1) is 51.0 Å². The molecule has 59 heavy (non-hydrogen) atoms. The SMILES string of the molecule is C[C@@H](C=O)NC(=O)[C@H](Cc1cnc[nH]1)NC(=O)[C@H](Cc1cnc[nH]1)NC(=O)[C@H](Cc1cnc[nH]1)NC(=O)CNC(=O)[C@H](Cc1cnc[nH]1)NC(=O)[C@H](CO)NC(=O)CN. The van der Waals surface area contributed by atoms with Gasteiger partial charge in [-0.05, 0) is 6.92 Å². The van der Waals surface area contributed by atoms with Crippen molar-refractivity contribution in [1.29, 1.82) is 0 Å². The molecule has 0 aliphatic heterocycles. The number of aromatic amines is 4. The number of aldehydes is 1. The summed E-state index contributed by atoms with van der Waals surface area (Å²) in [7, 11) is 0. The van der Waals surface area contributed by atoms with Gasteiger partial charge in [0, 0.05) is 73.2 Å². The molecule has 14 N–H and O–H groups in total. The molecule has 316 valence electrons. The molecule has 0 saturated heterocycles. The van der Waals surface area contributed by atoms with Crippen molar-refractivity contribution >= 4 is 47.6 Å². The quantitative estimate of drug-likeness (QED) is 0.0293. The first-order chi connectivity index (χ1) is 28.4. The number of imidazole rings is 4. The second-order valence-corrected chi connectivity index (χ2v) is 13.1. The molecule has 4 heterocycles. The van der Waals surface area contributed by atoms with E-state index in [4.69, 9.17) is 5.73 Å². The van der Waals surface area contributed by atoms with E-state index in [9.17, 15) is 43.5 Å². The first-order valence-electron chi connectivity index (χ1n) is 18.1. The minimum atomic E-state index is -1.43. The number of H-pyrrole nitrogens is 4. The van der Waals surface area contributed by atoms with Crippen LogP contribution in [0.1, 0.15) is 29.7 Å². The molecule has 4 aromatic heterocycles. The average Bonchev–Trinajstić information content (AvgIpc) is 4.08. The third-order valence-corrected chi connectivity index (χ3v) is 8.48. The normalized spacial score (nSPS) is 13.9. The number of hydrogen-bond acceptors (Lipinski definition) is 14. The van der Waals surface area contributed by atoms with Crippen molar-refractivity contribution in [2.24, 2.45) is 5.73 Å². The van der Waals surface area contributed by atoms with Gasteiger partial charge < -0.3 is 72.8 Å². The van der Waals surface area contributed by atoms with Crippen LogP contribution in [-0.2, 0) is 64.0 Å². The number of aliphatic hydroxyl groups is 1. The third kappa shape index (κ3) is 14.3. The zero-order valence-corrected chi connectivity index (χ0v) is 31.7. The summed E-state index contributed by atoms with van der Waals surface area (Å²) in [5.74, 6) is -5.62. The number of aliphatic hydroxyl groups excluding tert-OH is 1. The van der Waals surface area contributed by atoms with Crippen LogP contribution < -0.4 is 43.0 Å². The Balaban J connectivity index is 1.48. The van der Waals surface area contributed by atoms with E-state index >= 15 is 0 Å². The number of amides is 7. The predicted octanol–water partition coefficient (Wildman–Crippen LogP) is -5.96. The van der Waals surface area contributed by atoms with E-state index in [-0.39, 0.29) is 25.7 Å². The third-order valence-electron chi connectivity index (χ3n) is 8.48. The van der Waals surface area contributed by atoms with E-state index in [0.717, 1.165) is 0 Å². The van der Waals surface area contributed by atoms with Crippen LogP contribution in [0.15, 0.2) is 50.1 Å². The summed E-state index contributed by atoms with van der Waals surface area (Å²) in [5, 5.41) is 27.0. The number of nitrogens with zero attached hydrogens (tertiary/aromatic N) is 4. The van der Waals surface area contributed by atoms with Crippen molar-refractivity contribution in [1.82, 2.24) is 77.1 Å². The van der Waals surface area contributed by atoms with Crippen LogP contribution in [0.5, 0.6) is 0 Å². The second-order valence-electron chi connectivity index (χ2n) is 13.1. The van der Waals surface area contributed by atoms with Crippen LogP contribution in [0.2, 0.25) is 0 Å². The van der Waals surface area contributed by atoms with Gasteiger partial charge in [-0.3, -0.25) is 33.6 Å². The van der Waals surface area contributed by atoms with E-state index in [1.807, 2.05) is 0 Å². The Morgan fingerprint density at radius 1 is 0.576 bits per heavy atom. The van der Waals surface area contributed by atoms with Gasteiger partial charge in [-0.2, -0.15) is 0 Å². The van der Waals surface area contributed by atoms with Crippen molar-refractivity contribution in [3.8, 4) is 0 Å². The van der Waals surface area contributed by atoms with Gasteiger partial charge in [-0.15, -0.1) is 0 Å². The minimum Gasteiger partial charge on any atom is -0.394 e. The van der Waals surface area contributed by atoms with Crippen LogP contribution in [0, 0.1) is 0 Å². The number of carbonyl (C=O) groups is 8. The lowest BCUT2D eigenvalue weighted by Gasteiger charge is -2.25. The Labute approximate surface area is 335 Å². The van der Waals surface area contributed by atoms with E-state index in [2.05, 4.69) is 77.1 Å². The Hall–Kier alpha value is -7.28. The summed E-state index contributed by atoms with van der Waals surface area (Å²) < 4.78 is 0. The number of nitrogens with two attached hydrogens (primary N) is 1. The van der Waals surface area contributed by atoms with Crippen LogP contribution in [-0.4, -0.2) is 149 Å². The maximum atomic E-state index is 13.9. The second kappa shape index (κ2) is 22.5. The largest absolute Gasteiger partial charge is 0.394 e. The summed E-state index contributed by atoms with van der Waals surface area (Å²) in [6, 6.07) is -7.53. The summed E-state index contributed by atoms with van der Waals surface area (Å²) in [6.45, 7) is -0.483. The maximum Gasteiger partial charge on any atom is 0.245 e. The predicted molar refractivity (Wildman–Crippen MR) is 202 cm³/mol. The highest BCUT2D eigenvalue weighted by atomic mass is 16.3. The summed E-state index contributed by atoms with van der Waals surface area (Å²) >= 11 is 0. The van der Waals surface area contributed by atoms with E-state index < -0.39 is 97.3 Å². The molecule has 0 fully saturated rings. The molecule has 25 heteroatoms. The maximum absolute atomic E-state index is 13.9. The van der Waals surface area contributed by atoms with Crippen molar-refractivity contribution in [2.45, 2.75) is 68.9 Å². The van der Waals surface area contributed by atoms with Crippen molar-refractivity contribution in [2.75, 3.05) is 19.7 Å². The van der Waals surface area contributed by atoms with Crippen LogP contribution >= 0.6 is 0 Å². The van der Waals surface area contributed by atoms with Gasteiger partial charge in [0.2, 0.25) is 41.4 Å². The summed E-state index contributed by atoms with van der Waals surface area (Å²) in [4.78, 5) is 131. The van der Waals surface area contributed by atoms with Crippen molar-refractivity contribution in [3.63, 3.8) is 0 Å². The van der Waals surface area contributed by atoms with Crippen LogP contribution in [0.3, 0.4) is 0 Å². The van der Waals surface area contributed by atoms with Gasteiger partial charge in [0.1, 0.15) is 36.5 Å². The number of nitrogens with one attached hydrogen (secondary N) is 11. The first kappa shape index (κ1) is 44.4. The number of rotatable bonds is 24. The molecule has 0 unspecified atom stereocenters. The number of hydrogen-bond donors (Lipinski definition) is 13. The zero-order chi connectivity index (χ0) is 42.7. The highest BCUT2D eigenvalue weighted by Gasteiger charge is 2.32. The highest BCUT2D eigenvalue weighted by molar-refractivity contribution is 5.96. The lowest BCUT2D eigenvalue weighted by molar-refractivity contribution is -0.134. The fraction of sp³-hybridized carbons (Fsp3) is 0.412. The van der Waals surface area contributed by atoms with Gasteiger partial charge in [-0.1, -0.05) is 0 Å². The molecule has 0 aromatic carbocycles. The van der Waals surface area contributed by atoms with Crippen molar-refractivity contribution < 1.29 is 43.5 Å². The Kier molecular flexibility index (Phi) is 16.9. The molecule has 0 bridgehead atoms. The molecule has 0 aliphatic carbocycles. The highest BCUT2D eigenvalue weighted by Crippen LogP contribution is 2.07. The van der Waals surface area contributed by atoms with Crippen LogP contribution in [0.4, 0.5) is 0 Å². The van der Waals surface area contributed by atoms with Crippen molar-refractivity contribution in [3.05, 3.63) is 72.9 Å². The molecule has 4 rings (SSSR count). The first-order valence-corrected chi connectivity index (χ1v) is 18.1. The Morgan fingerprint density at radius 2 is 0.932 bits per heavy atom. The number of aromatic nitrogens is 8. The standard InChI is InChI=1S/C34H46N16O9/c1-18(12-51)45-31(56)25(4-21-9-38-16-43-21)49-33(58)26(5-22-10-39-17-44-22)50-32(57)24(3-20-8-37-15-42-20)46-29(54)11-40-30(55)23(2-19-7-36-14-41-19)48-34(59)27(13-52)47-28(53)6-35/h7-10,12,14-18,23-27,52H,2-6,11,13,35H2,1H3,(H,36,41)(H,37,42)(H,38,43)(H,39,44)(H,40,55)(H,45,56)(H,46,54)(H,47,53)(H,48,59)(H,49,58)(H,50,57)/t18-,23-,24-,25-,26-,27-/m0/s1. The average molecular weight is 823 g/mol. The van der Waals surface area contributed by atoms with Gasteiger partial charge >= 0.3 is 0 Å². The molecule has 0 spiro atoms. The lowest BCUT2D eigenvalue weighted by atomic mass is 10.1.